The highest BCUT2D eigenvalue weighted by atomic mass is 32.2. The maximum Gasteiger partial charge on any atom is 0.256 e. The molecule has 1 saturated heterocycles. The van der Waals surface area contributed by atoms with E-state index in [1.165, 1.54) is 12.8 Å². The quantitative estimate of drug-likeness (QED) is 0.790. The number of amidine groups is 1. The molecule has 0 radical (unpaired) electrons. The Labute approximate surface area is 155 Å². The van der Waals surface area contributed by atoms with Crippen molar-refractivity contribution < 1.29 is 13.2 Å². The Bertz CT molecular complexity index is 767. The average molecular weight is 381 g/mol. The number of fused-ring (bicyclic) bond motifs is 1. The van der Waals surface area contributed by atoms with Crippen molar-refractivity contribution in [1.29, 1.82) is 0 Å². The van der Waals surface area contributed by atoms with E-state index in [-0.39, 0.29) is 17.2 Å². The Balaban J connectivity index is 1.61. The molecular weight excluding hydrogens is 352 g/mol. The molecule has 0 aromatic carbocycles. The maximum absolute atomic E-state index is 12.6. The van der Waals surface area contributed by atoms with Gasteiger partial charge in [0.15, 0.2) is 0 Å². The minimum Gasteiger partial charge on any atom is -0.350 e. The molecule has 0 saturated carbocycles. The van der Waals surface area contributed by atoms with Gasteiger partial charge in [-0.15, -0.1) is 4.40 Å². The van der Waals surface area contributed by atoms with Crippen molar-refractivity contribution in [2.45, 2.75) is 39.2 Å². The van der Waals surface area contributed by atoms with Gasteiger partial charge in [-0.3, -0.25) is 9.69 Å². The van der Waals surface area contributed by atoms with Crippen molar-refractivity contribution in [3.05, 3.63) is 23.9 Å². The van der Waals surface area contributed by atoms with Gasteiger partial charge >= 0.3 is 0 Å². The van der Waals surface area contributed by atoms with Crippen LogP contribution in [0.25, 0.3) is 0 Å². The molecule has 1 fully saturated rings. The van der Waals surface area contributed by atoms with Crippen LogP contribution in [-0.2, 0) is 14.8 Å². The summed E-state index contributed by atoms with van der Waals surface area (Å²) >= 11 is 0. The first-order valence-electron chi connectivity index (χ1n) is 9.19. The van der Waals surface area contributed by atoms with Gasteiger partial charge in [0.1, 0.15) is 5.84 Å². The molecule has 26 heavy (non-hydrogen) atoms. The topological polar surface area (TPSA) is 82.1 Å². The van der Waals surface area contributed by atoms with Crippen LogP contribution in [0, 0.1) is 5.92 Å². The molecule has 0 aromatic heterocycles. The van der Waals surface area contributed by atoms with Crippen LogP contribution in [0.2, 0.25) is 0 Å². The summed E-state index contributed by atoms with van der Waals surface area (Å²) < 4.78 is 26.8. The first-order valence-corrected chi connectivity index (χ1v) is 10.8. The van der Waals surface area contributed by atoms with Gasteiger partial charge in [0.05, 0.1) is 11.3 Å². The van der Waals surface area contributed by atoms with Crippen LogP contribution in [0.3, 0.4) is 0 Å². The Morgan fingerprint density at radius 2 is 2.12 bits per heavy atom. The Morgan fingerprint density at radius 1 is 1.35 bits per heavy atom. The van der Waals surface area contributed by atoms with E-state index in [0.717, 1.165) is 13.1 Å². The first-order chi connectivity index (χ1) is 12.2. The van der Waals surface area contributed by atoms with Gasteiger partial charge in [-0.2, -0.15) is 0 Å². The summed E-state index contributed by atoms with van der Waals surface area (Å²) in [5, 5.41) is 3.03. The normalized spacial score (nSPS) is 26.0. The molecule has 1 N–H and O–H groups in total. The smallest absolute Gasteiger partial charge is 0.256 e. The number of piperidine rings is 1. The highest BCUT2D eigenvalue weighted by Gasteiger charge is 2.31. The monoisotopic (exact) mass is 380 g/mol. The first kappa shape index (κ1) is 19.1. The van der Waals surface area contributed by atoms with Gasteiger partial charge in [0.25, 0.3) is 15.9 Å². The fourth-order valence-corrected chi connectivity index (χ4v) is 4.55. The number of hydrogen-bond acceptors (Lipinski definition) is 5. The number of nitrogens with one attached hydrogen (secondary N) is 1. The summed E-state index contributed by atoms with van der Waals surface area (Å²) in [6, 6.07) is 0. The van der Waals surface area contributed by atoms with Crippen LogP contribution in [0.4, 0.5) is 0 Å². The molecule has 1 atom stereocenters. The molecule has 0 aliphatic carbocycles. The van der Waals surface area contributed by atoms with E-state index in [1.807, 2.05) is 0 Å². The summed E-state index contributed by atoms with van der Waals surface area (Å²) in [6.45, 7) is 9.62. The van der Waals surface area contributed by atoms with Gasteiger partial charge in [-0.05, 0) is 51.3 Å². The van der Waals surface area contributed by atoms with Crippen LogP contribution < -0.4 is 5.32 Å². The highest BCUT2D eigenvalue weighted by Crippen LogP contribution is 2.23. The number of amides is 1. The molecule has 3 heterocycles. The van der Waals surface area contributed by atoms with Gasteiger partial charge < -0.3 is 10.2 Å². The predicted molar refractivity (Wildman–Crippen MR) is 102 cm³/mol. The summed E-state index contributed by atoms with van der Waals surface area (Å²) in [7, 11) is -3.38. The summed E-state index contributed by atoms with van der Waals surface area (Å²) in [5.74, 6) is 0.883. The van der Waals surface area contributed by atoms with E-state index in [1.54, 1.807) is 23.3 Å². The van der Waals surface area contributed by atoms with Crippen LogP contribution in [0.1, 0.15) is 33.6 Å². The second kappa shape index (κ2) is 7.15. The zero-order valence-electron chi connectivity index (χ0n) is 15.7. The van der Waals surface area contributed by atoms with Crippen molar-refractivity contribution in [1.82, 2.24) is 15.1 Å². The number of nitrogens with zero attached hydrogens (tertiary/aromatic N) is 3. The molecule has 7 nitrogen and oxygen atoms in total. The predicted octanol–water partition coefficient (Wildman–Crippen LogP) is 1.11. The molecule has 8 heteroatoms. The van der Waals surface area contributed by atoms with Gasteiger partial charge in [0, 0.05) is 31.4 Å². The van der Waals surface area contributed by atoms with Crippen molar-refractivity contribution in [3.63, 3.8) is 0 Å². The second-order valence-electron chi connectivity index (χ2n) is 8.04. The number of carbonyl (C=O) groups is 1. The Hall–Kier alpha value is -1.67. The third-order valence-electron chi connectivity index (χ3n) is 5.28. The third kappa shape index (κ3) is 4.35. The largest absolute Gasteiger partial charge is 0.350 e. The lowest BCUT2D eigenvalue weighted by Crippen LogP contribution is -2.54. The van der Waals surface area contributed by atoms with Crippen LogP contribution in [-0.4, -0.2) is 67.4 Å². The van der Waals surface area contributed by atoms with Gasteiger partial charge in [0.2, 0.25) is 0 Å². The molecule has 0 aromatic rings. The molecule has 3 aliphatic rings. The zero-order chi connectivity index (χ0) is 18.9. The van der Waals surface area contributed by atoms with Crippen LogP contribution in [0.15, 0.2) is 28.3 Å². The average Bonchev–Trinajstić information content (AvgIpc) is 2.58. The van der Waals surface area contributed by atoms with Gasteiger partial charge in [-0.1, -0.05) is 6.92 Å². The molecule has 144 valence electrons. The molecule has 3 aliphatic heterocycles. The molecule has 1 unspecified atom stereocenters. The lowest BCUT2D eigenvalue weighted by Gasteiger charge is -2.43. The molecule has 0 spiro atoms. The standard InChI is InChI=1S/C18H28N4O3S/c1-14-5-4-8-22(11-14)18(2,3)13-19-17(23)15-6-7-16-20-26(24,25)10-9-21(16)12-15/h6-7,12,14H,4-5,8-11,13H2,1-3H3,(H,19,23). The van der Waals surface area contributed by atoms with E-state index >= 15 is 0 Å². The maximum atomic E-state index is 12.6. The number of rotatable bonds is 4. The fourth-order valence-electron chi connectivity index (χ4n) is 3.58. The van der Waals surface area contributed by atoms with E-state index < -0.39 is 10.0 Å². The molecular formula is C18H28N4O3S. The number of sulfonamides is 1. The van der Waals surface area contributed by atoms with Gasteiger partial charge in [-0.25, -0.2) is 8.42 Å². The Kier molecular flexibility index (Phi) is 5.25. The van der Waals surface area contributed by atoms with E-state index in [4.69, 9.17) is 0 Å². The lowest BCUT2D eigenvalue weighted by molar-refractivity contribution is -0.117. The van der Waals surface area contributed by atoms with Crippen LogP contribution >= 0.6 is 0 Å². The second-order valence-corrected chi connectivity index (χ2v) is 9.79. The van der Waals surface area contributed by atoms with Crippen LogP contribution in [0.5, 0.6) is 0 Å². The third-order valence-corrected chi connectivity index (χ3v) is 6.44. The number of likely N-dealkylation sites (tertiary alicyclic amines) is 1. The lowest BCUT2D eigenvalue weighted by atomic mass is 9.93. The SMILES string of the molecule is CC1CCCN(C(C)(C)CNC(=O)C2=CN3CCS(=O)(=O)N=C3C=C2)C1. The van der Waals surface area contributed by atoms with Crippen molar-refractivity contribution in [2.24, 2.45) is 10.3 Å². The summed E-state index contributed by atoms with van der Waals surface area (Å²) in [5.41, 5.74) is 0.417. The van der Waals surface area contributed by atoms with E-state index in [0.29, 0.717) is 30.4 Å². The van der Waals surface area contributed by atoms with Crippen molar-refractivity contribution >= 4 is 21.8 Å². The fraction of sp³-hybridized carbons (Fsp3) is 0.667. The van der Waals surface area contributed by atoms with E-state index in [2.05, 4.69) is 35.4 Å². The molecule has 1 amide bonds. The summed E-state index contributed by atoms with van der Waals surface area (Å²) in [6.07, 6.45) is 7.36. The molecule has 3 rings (SSSR count). The summed E-state index contributed by atoms with van der Waals surface area (Å²) in [4.78, 5) is 16.7. The van der Waals surface area contributed by atoms with E-state index in [9.17, 15) is 13.2 Å². The van der Waals surface area contributed by atoms with Crippen molar-refractivity contribution in [3.8, 4) is 0 Å². The number of carbonyl (C=O) groups excluding carboxylic acids is 1. The van der Waals surface area contributed by atoms with Crippen molar-refractivity contribution in [2.75, 3.05) is 31.9 Å². The number of hydrogen-bond donors (Lipinski definition) is 1. The molecule has 0 bridgehead atoms. The minimum atomic E-state index is -3.38. The highest BCUT2D eigenvalue weighted by molar-refractivity contribution is 7.90. The Morgan fingerprint density at radius 3 is 2.85 bits per heavy atom. The minimum absolute atomic E-state index is 0.0318. The zero-order valence-corrected chi connectivity index (χ0v) is 16.6.